The molecule has 0 radical (unpaired) electrons. The van der Waals surface area contributed by atoms with Crippen LogP contribution in [0.3, 0.4) is 0 Å². The normalized spacial score (nSPS) is 19.4. The summed E-state index contributed by atoms with van der Waals surface area (Å²) in [5.74, 6) is -0.165. The summed E-state index contributed by atoms with van der Waals surface area (Å²) in [6.07, 6.45) is 1.88. The first-order valence-corrected chi connectivity index (χ1v) is 10.5. The molecule has 1 saturated heterocycles. The lowest BCUT2D eigenvalue weighted by molar-refractivity contribution is -0.158. The van der Waals surface area contributed by atoms with Crippen molar-refractivity contribution in [2.24, 2.45) is 5.41 Å². The van der Waals surface area contributed by atoms with Crippen molar-refractivity contribution in [1.29, 1.82) is 0 Å². The number of likely N-dealkylation sites (tertiary alicyclic amines) is 1. The molecule has 3 rings (SSSR count). The minimum absolute atomic E-state index is 0.160. The molecule has 1 atom stereocenters. The van der Waals surface area contributed by atoms with Gasteiger partial charge in [0.2, 0.25) is 0 Å². The van der Waals surface area contributed by atoms with Crippen molar-refractivity contribution in [3.63, 3.8) is 0 Å². The number of aromatic amines is 1. The SMILES string of the molecule is CCOC(=O)[C@]1(Cc2cccc(Cl)c2)CCCN(C(=O)c2cc(C(C)C)[nH]n2)C1. The molecule has 1 aromatic carbocycles. The molecular formula is C22H28ClN3O3. The van der Waals surface area contributed by atoms with Crippen LogP contribution in [0, 0.1) is 5.41 Å². The van der Waals surface area contributed by atoms with Gasteiger partial charge < -0.3 is 9.64 Å². The minimum Gasteiger partial charge on any atom is -0.466 e. The van der Waals surface area contributed by atoms with Crippen molar-refractivity contribution in [2.75, 3.05) is 19.7 Å². The summed E-state index contributed by atoms with van der Waals surface area (Å²) in [5, 5.41) is 7.75. The fraction of sp³-hybridized carbons (Fsp3) is 0.500. The molecule has 2 heterocycles. The second-order valence-electron chi connectivity index (χ2n) is 8.00. The maximum Gasteiger partial charge on any atom is 0.314 e. The van der Waals surface area contributed by atoms with Crippen LogP contribution in [-0.4, -0.2) is 46.7 Å². The zero-order valence-electron chi connectivity index (χ0n) is 17.2. The van der Waals surface area contributed by atoms with Crippen LogP contribution in [0.15, 0.2) is 30.3 Å². The van der Waals surface area contributed by atoms with E-state index in [1.54, 1.807) is 17.9 Å². The van der Waals surface area contributed by atoms with E-state index in [-0.39, 0.29) is 17.8 Å². The highest BCUT2D eigenvalue weighted by Crippen LogP contribution is 2.36. The van der Waals surface area contributed by atoms with Crippen LogP contribution in [0.2, 0.25) is 5.02 Å². The molecule has 1 aliphatic rings. The Labute approximate surface area is 176 Å². The van der Waals surface area contributed by atoms with Gasteiger partial charge in [-0.3, -0.25) is 14.7 Å². The van der Waals surface area contributed by atoms with Crippen molar-refractivity contribution in [1.82, 2.24) is 15.1 Å². The predicted octanol–water partition coefficient (Wildman–Crippen LogP) is 4.21. The standard InChI is InChI=1S/C22H28ClN3O3/c1-4-29-21(28)22(13-16-7-5-8-17(23)11-16)9-6-10-26(14-22)20(27)19-12-18(15(2)3)24-25-19/h5,7-8,11-12,15H,4,6,9-10,13-14H2,1-3H3,(H,24,25)/t22-/m0/s1. The van der Waals surface area contributed by atoms with Crippen LogP contribution in [0.5, 0.6) is 0 Å². The summed E-state index contributed by atoms with van der Waals surface area (Å²) < 4.78 is 5.42. The topological polar surface area (TPSA) is 75.3 Å². The van der Waals surface area contributed by atoms with Gasteiger partial charge in [-0.25, -0.2) is 0 Å². The quantitative estimate of drug-likeness (QED) is 0.714. The molecule has 0 saturated carbocycles. The van der Waals surface area contributed by atoms with Gasteiger partial charge in [-0.15, -0.1) is 0 Å². The number of ether oxygens (including phenoxy) is 1. The van der Waals surface area contributed by atoms with Gasteiger partial charge in [-0.05, 0) is 55.9 Å². The molecule has 156 valence electrons. The molecule has 0 bridgehead atoms. The summed E-state index contributed by atoms with van der Waals surface area (Å²) in [6, 6.07) is 9.30. The fourth-order valence-corrected chi connectivity index (χ4v) is 4.13. The van der Waals surface area contributed by atoms with Crippen LogP contribution < -0.4 is 0 Å². The van der Waals surface area contributed by atoms with Crippen LogP contribution in [0.25, 0.3) is 0 Å². The number of benzene rings is 1. The van der Waals surface area contributed by atoms with Crippen molar-refractivity contribution in [3.05, 3.63) is 52.3 Å². The Morgan fingerprint density at radius 2 is 2.14 bits per heavy atom. The number of aromatic nitrogens is 2. The maximum atomic E-state index is 13.1. The van der Waals surface area contributed by atoms with Gasteiger partial charge >= 0.3 is 5.97 Å². The number of amides is 1. The Morgan fingerprint density at radius 3 is 2.79 bits per heavy atom. The average Bonchev–Trinajstić information content (AvgIpc) is 3.18. The van der Waals surface area contributed by atoms with Gasteiger partial charge in [0.05, 0.1) is 12.0 Å². The maximum absolute atomic E-state index is 13.1. The highest BCUT2D eigenvalue weighted by molar-refractivity contribution is 6.30. The number of rotatable bonds is 6. The molecule has 1 aromatic heterocycles. The van der Waals surface area contributed by atoms with Crippen LogP contribution in [0.4, 0.5) is 0 Å². The number of halogens is 1. The molecular weight excluding hydrogens is 390 g/mol. The molecule has 1 amide bonds. The Morgan fingerprint density at radius 1 is 1.34 bits per heavy atom. The Balaban J connectivity index is 1.86. The molecule has 1 aliphatic heterocycles. The summed E-state index contributed by atoms with van der Waals surface area (Å²) >= 11 is 6.14. The highest BCUT2D eigenvalue weighted by Gasteiger charge is 2.45. The van der Waals surface area contributed by atoms with E-state index in [1.807, 2.05) is 38.1 Å². The van der Waals surface area contributed by atoms with E-state index in [1.165, 1.54) is 0 Å². The highest BCUT2D eigenvalue weighted by atomic mass is 35.5. The third kappa shape index (κ3) is 4.81. The molecule has 2 aromatic rings. The Hall–Kier alpha value is -2.34. The smallest absolute Gasteiger partial charge is 0.314 e. The number of hydrogen-bond donors (Lipinski definition) is 1. The second kappa shape index (κ2) is 8.99. The first-order valence-electron chi connectivity index (χ1n) is 10.1. The number of carbonyl (C=O) groups excluding carboxylic acids is 2. The molecule has 1 fully saturated rings. The van der Waals surface area contributed by atoms with Gasteiger partial charge in [0.25, 0.3) is 5.91 Å². The third-order valence-corrected chi connectivity index (χ3v) is 5.68. The molecule has 0 aliphatic carbocycles. The summed E-state index contributed by atoms with van der Waals surface area (Å²) in [4.78, 5) is 27.8. The average molecular weight is 418 g/mol. The van der Waals surface area contributed by atoms with Gasteiger partial charge in [0, 0.05) is 23.8 Å². The monoisotopic (exact) mass is 417 g/mol. The fourth-order valence-electron chi connectivity index (χ4n) is 3.91. The van der Waals surface area contributed by atoms with Gasteiger partial charge in [-0.2, -0.15) is 5.10 Å². The van der Waals surface area contributed by atoms with E-state index in [0.29, 0.717) is 43.3 Å². The van der Waals surface area contributed by atoms with E-state index in [0.717, 1.165) is 17.7 Å². The lowest BCUT2D eigenvalue weighted by Gasteiger charge is -2.41. The third-order valence-electron chi connectivity index (χ3n) is 5.44. The largest absolute Gasteiger partial charge is 0.466 e. The molecule has 7 heteroatoms. The number of nitrogens with one attached hydrogen (secondary N) is 1. The number of nitrogens with zero attached hydrogens (tertiary/aromatic N) is 2. The second-order valence-corrected chi connectivity index (χ2v) is 8.44. The van der Waals surface area contributed by atoms with E-state index in [9.17, 15) is 9.59 Å². The summed E-state index contributed by atoms with van der Waals surface area (Å²) in [6.45, 7) is 7.09. The van der Waals surface area contributed by atoms with Crippen molar-refractivity contribution in [2.45, 2.75) is 46.0 Å². The van der Waals surface area contributed by atoms with Crippen LogP contribution in [0.1, 0.15) is 61.3 Å². The van der Waals surface area contributed by atoms with Crippen molar-refractivity contribution < 1.29 is 14.3 Å². The number of H-pyrrole nitrogens is 1. The Kier molecular flexibility index (Phi) is 6.63. The number of piperidine rings is 1. The minimum atomic E-state index is -0.786. The van der Waals surface area contributed by atoms with Gasteiger partial charge in [-0.1, -0.05) is 37.6 Å². The molecule has 0 spiro atoms. The van der Waals surface area contributed by atoms with Crippen molar-refractivity contribution in [3.8, 4) is 0 Å². The van der Waals surface area contributed by atoms with E-state index >= 15 is 0 Å². The predicted molar refractivity (Wildman–Crippen MR) is 112 cm³/mol. The lowest BCUT2D eigenvalue weighted by Crippen LogP contribution is -2.51. The summed E-state index contributed by atoms with van der Waals surface area (Å²) in [5.41, 5.74) is 1.48. The zero-order valence-corrected chi connectivity index (χ0v) is 18.0. The lowest BCUT2D eigenvalue weighted by atomic mass is 9.75. The number of hydrogen-bond acceptors (Lipinski definition) is 4. The Bertz CT molecular complexity index is 880. The molecule has 1 N–H and O–H groups in total. The first-order chi connectivity index (χ1) is 13.8. The van der Waals surface area contributed by atoms with Crippen LogP contribution in [-0.2, 0) is 16.0 Å². The van der Waals surface area contributed by atoms with Gasteiger partial charge in [0.15, 0.2) is 0 Å². The number of esters is 1. The van der Waals surface area contributed by atoms with E-state index in [2.05, 4.69) is 10.2 Å². The van der Waals surface area contributed by atoms with Gasteiger partial charge in [0.1, 0.15) is 5.69 Å². The summed E-state index contributed by atoms with van der Waals surface area (Å²) in [7, 11) is 0. The van der Waals surface area contributed by atoms with E-state index in [4.69, 9.17) is 16.3 Å². The molecule has 6 nitrogen and oxygen atoms in total. The number of carbonyl (C=O) groups is 2. The van der Waals surface area contributed by atoms with Crippen LogP contribution >= 0.6 is 11.6 Å². The molecule has 0 unspecified atom stereocenters. The van der Waals surface area contributed by atoms with E-state index < -0.39 is 5.41 Å². The first kappa shape index (κ1) is 21.4. The zero-order chi connectivity index (χ0) is 21.0. The molecule has 29 heavy (non-hydrogen) atoms. The van der Waals surface area contributed by atoms with Crippen molar-refractivity contribution >= 4 is 23.5 Å².